The van der Waals surface area contributed by atoms with Crippen molar-refractivity contribution in [3.05, 3.63) is 63.6 Å². The average Bonchev–Trinajstić information content (AvgIpc) is 2.48. The molecule has 5 heteroatoms. The zero-order valence-electron chi connectivity index (χ0n) is 11.0. The maximum atomic E-state index is 12.7. The second-order valence-corrected chi connectivity index (χ2v) is 5.61. The standard InChI is InChI=1S/C16H11Cl2NO2/c17-10-5-6-14-12(9-10)15(20)7-8-19(14)16(21)11-3-1-2-4-13(11)18/h1-6,9H,7-8H2. The van der Waals surface area contributed by atoms with E-state index < -0.39 is 0 Å². The summed E-state index contributed by atoms with van der Waals surface area (Å²) in [5, 5.41) is 0.879. The lowest BCUT2D eigenvalue weighted by Gasteiger charge is -2.29. The van der Waals surface area contributed by atoms with E-state index in [-0.39, 0.29) is 18.1 Å². The minimum absolute atomic E-state index is 0.00397. The van der Waals surface area contributed by atoms with E-state index in [1.807, 2.05) is 0 Å². The molecular weight excluding hydrogens is 309 g/mol. The molecule has 0 saturated carbocycles. The first-order valence-corrected chi connectivity index (χ1v) is 7.22. The van der Waals surface area contributed by atoms with Crippen LogP contribution in [0.15, 0.2) is 42.5 Å². The number of hydrogen-bond donors (Lipinski definition) is 0. The molecule has 0 spiro atoms. The molecule has 21 heavy (non-hydrogen) atoms. The van der Waals surface area contributed by atoms with E-state index in [0.717, 1.165) is 0 Å². The third-order valence-corrected chi connectivity index (χ3v) is 4.03. The monoisotopic (exact) mass is 319 g/mol. The number of amides is 1. The Kier molecular flexibility index (Phi) is 3.70. The van der Waals surface area contributed by atoms with E-state index in [2.05, 4.69) is 0 Å². The lowest BCUT2D eigenvalue weighted by molar-refractivity contribution is 0.0955. The molecule has 2 aromatic rings. The summed E-state index contributed by atoms with van der Waals surface area (Å²) < 4.78 is 0. The van der Waals surface area contributed by atoms with Gasteiger partial charge in [0.2, 0.25) is 0 Å². The summed E-state index contributed by atoms with van der Waals surface area (Å²) in [6.07, 6.45) is 0.281. The van der Waals surface area contributed by atoms with Gasteiger partial charge in [0.1, 0.15) is 0 Å². The summed E-state index contributed by atoms with van der Waals surface area (Å²) in [5.74, 6) is -0.215. The number of ketones is 1. The highest BCUT2D eigenvalue weighted by molar-refractivity contribution is 6.35. The van der Waals surface area contributed by atoms with Gasteiger partial charge < -0.3 is 4.90 Å². The minimum atomic E-state index is -0.211. The van der Waals surface area contributed by atoms with Crippen LogP contribution in [0, 0.1) is 0 Å². The van der Waals surface area contributed by atoms with Gasteiger partial charge in [-0.15, -0.1) is 0 Å². The maximum absolute atomic E-state index is 12.7. The number of Topliss-reactive ketones (excluding diaryl/α,β-unsaturated/α-hetero) is 1. The van der Waals surface area contributed by atoms with Crippen LogP contribution in [0.3, 0.4) is 0 Å². The number of halogens is 2. The van der Waals surface area contributed by atoms with Crippen LogP contribution in [0.25, 0.3) is 0 Å². The Balaban J connectivity index is 2.06. The Morgan fingerprint density at radius 1 is 1.10 bits per heavy atom. The smallest absolute Gasteiger partial charge is 0.259 e. The Hall–Kier alpha value is -1.84. The fraction of sp³-hybridized carbons (Fsp3) is 0.125. The van der Waals surface area contributed by atoms with E-state index in [1.165, 1.54) is 0 Å². The van der Waals surface area contributed by atoms with Gasteiger partial charge in [-0.2, -0.15) is 0 Å². The van der Waals surface area contributed by atoms with Crippen LogP contribution in [-0.2, 0) is 0 Å². The van der Waals surface area contributed by atoms with Crippen molar-refractivity contribution in [2.75, 3.05) is 11.4 Å². The second kappa shape index (κ2) is 5.51. The summed E-state index contributed by atoms with van der Waals surface area (Å²) in [4.78, 5) is 26.2. The first kappa shape index (κ1) is 14.1. The van der Waals surface area contributed by atoms with E-state index in [0.29, 0.717) is 33.4 Å². The second-order valence-electron chi connectivity index (χ2n) is 4.77. The van der Waals surface area contributed by atoms with Gasteiger partial charge in [-0.05, 0) is 30.3 Å². The number of fused-ring (bicyclic) bond motifs is 1. The highest BCUT2D eigenvalue weighted by atomic mass is 35.5. The fourth-order valence-electron chi connectivity index (χ4n) is 2.43. The molecule has 0 aromatic heterocycles. The van der Waals surface area contributed by atoms with E-state index in [9.17, 15) is 9.59 Å². The zero-order chi connectivity index (χ0) is 15.0. The number of nitrogens with zero attached hydrogens (tertiary/aromatic N) is 1. The van der Waals surface area contributed by atoms with Crippen molar-refractivity contribution < 1.29 is 9.59 Å². The van der Waals surface area contributed by atoms with E-state index in [1.54, 1.807) is 47.4 Å². The molecule has 1 heterocycles. The van der Waals surface area contributed by atoms with Gasteiger partial charge in [-0.25, -0.2) is 0 Å². The first-order chi connectivity index (χ1) is 10.1. The fourth-order valence-corrected chi connectivity index (χ4v) is 2.82. The number of anilines is 1. The summed E-state index contributed by atoms with van der Waals surface area (Å²) >= 11 is 12.0. The van der Waals surface area contributed by atoms with Crippen molar-refractivity contribution in [3.8, 4) is 0 Å². The van der Waals surface area contributed by atoms with Crippen LogP contribution < -0.4 is 4.90 Å². The molecule has 0 N–H and O–H groups in total. The Morgan fingerprint density at radius 3 is 2.62 bits per heavy atom. The number of hydrogen-bond acceptors (Lipinski definition) is 2. The number of rotatable bonds is 1. The van der Waals surface area contributed by atoms with Gasteiger partial charge in [0.15, 0.2) is 5.78 Å². The van der Waals surface area contributed by atoms with Crippen molar-refractivity contribution in [2.24, 2.45) is 0 Å². The summed E-state index contributed by atoms with van der Waals surface area (Å²) in [6, 6.07) is 11.9. The van der Waals surface area contributed by atoms with Gasteiger partial charge >= 0.3 is 0 Å². The molecule has 106 valence electrons. The molecule has 3 rings (SSSR count). The third kappa shape index (κ3) is 2.55. The van der Waals surface area contributed by atoms with Gasteiger partial charge in [-0.1, -0.05) is 35.3 Å². The lowest BCUT2D eigenvalue weighted by atomic mass is 9.99. The molecule has 1 aliphatic heterocycles. The maximum Gasteiger partial charge on any atom is 0.259 e. The summed E-state index contributed by atoms with van der Waals surface area (Å²) in [6.45, 7) is 0.345. The third-order valence-electron chi connectivity index (χ3n) is 3.46. The lowest BCUT2D eigenvalue weighted by Crippen LogP contribution is -2.37. The molecule has 0 unspecified atom stereocenters. The Morgan fingerprint density at radius 2 is 1.86 bits per heavy atom. The number of carbonyl (C=O) groups excluding carboxylic acids is 2. The van der Waals surface area contributed by atoms with Crippen LogP contribution in [0.4, 0.5) is 5.69 Å². The SMILES string of the molecule is O=C1CCN(C(=O)c2ccccc2Cl)c2ccc(Cl)cc21. The molecule has 0 aliphatic carbocycles. The largest absolute Gasteiger partial charge is 0.307 e. The zero-order valence-corrected chi connectivity index (χ0v) is 12.5. The molecule has 1 amide bonds. The Bertz CT molecular complexity index is 743. The van der Waals surface area contributed by atoms with Crippen LogP contribution in [0.1, 0.15) is 27.1 Å². The van der Waals surface area contributed by atoms with Crippen molar-refractivity contribution in [3.63, 3.8) is 0 Å². The summed E-state index contributed by atoms with van der Waals surface area (Å²) in [5.41, 5.74) is 1.49. The van der Waals surface area contributed by atoms with Crippen LogP contribution >= 0.6 is 23.2 Å². The molecule has 0 radical (unpaired) electrons. The number of benzene rings is 2. The van der Waals surface area contributed by atoms with Gasteiger partial charge in [0, 0.05) is 23.6 Å². The quantitative estimate of drug-likeness (QED) is 0.789. The molecule has 3 nitrogen and oxygen atoms in total. The van der Waals surface area contributed by atoms with Gasteiger partial charge in [0.05, 0.1) is 16.3 Å². The molecule has 0 bridgehead atoms. The van der Waals surface area contributed by atoms with E-state index >= 15 is 0 Å². The van der Waals surface area contributed by atoms with Gasteiger partial charge in [0.25, 0.3) is 5.91 Å². The molecule has 0 atom stereocenters. The summed E-state index contributed by atoms with van der Waals surface area (Å²) in [7, 11) is 0. The van der Waals surface area contributed by atoms with Crippen molar-refractivity contribution in [2.45, 2.75) is 6.42 Å². The van der Waals surface area contributed by atoms with Gasteiger partial charge in [-0.3, -0.25) is 9.59 Å². The predicted molar refractivity (Wildman–Crippen MR) is 83.5 cm³/mol. The van der Waals surface area contributed by atoms with E-state index in [4.69, 9.17) is 23.2 Å². The molecular formula is C16H11Cl2NO2. The normalized spacial score (nSPS) is 14.0. The molecule has 0 saturated heterocycles. The highest BCUT2D eigenvalue weighted by Crippen LogP contribution is 2.31. The number of carbonyl (C=O) groups is 2. The molecule has 1 aliphatic rings. The highest BCUT2D eigenvalue weighted by Gasteiger charge is 2.28. The predicted octanol–water partition coefficient (Wildman–Crippen LogP) is 4.23. The van der Waals surface area contributed by atoms with Crippen LogP contribution in [0.5, 0.6) is 0 Å². The minimum Gasteiger partial charge on any atom is -0.307 e. The van der Waals surface area contributed by atoms with Crippen molar-refractivity contribution in [1.82, 2.24) is 0 Å². The van der Waals surface area contributed by atoms with Crippen LogP contribution in [0.2, 0.25) is 10.0 Å². The Labute approximate surface area is 132 Å². The average molecular weight is 320 g/mol. The molecule has 2 aromatic carbocycles. The van der Waals surface area contributed by atoms with Crippen molar-refractivity contribution >= 4 is 40.6 Å². The topological polar surface area (TPSA) is 37.4 Å². The molecule has 0 fully saturated rings. The van der Waals surface area contributed by atoms with Crippen molar-refractivity contribution in [1.29, 1.82) is 0 Å². The first-order valence-electron chi connectivity index (χ1n) is 6.47. The van der Waals surface area contributed by atoms with Crippen LogP contribution in [-0.4, -0.2) is 18.2 Å².